The van der Waals surface area contributed by atoms with Crippen LogP contribution in [0.1, 0.15) is 32.1 Å². The summed E-state index contributed by atoms with van der Waals surface area (Å²) in [6.07, 6.45) is 7.06. The maximum absolute atomic E-state index is 4.15. The fraction of sp³-hybridized carbons (Fsp3) is 1.00. The van der Waals surface area contributed by atoms with Gasteiger partial charge in [0.05, 0.1) is 0 Å². The Balaban J connectivity index is 2.60. The van der Waals surface area contributed by atoms with Gasteiger partial charge >= 0.3 is 0 Å². The van der Waals surface area contributed by atoms with Crippen molar-refractivity contribution in [2.45, 2.75) is 38.1 Å². The molecule has 0 radical (unpaired) electrons. The third-order valence-electron chi connectivity index (χ3n) is 1.51. The quantitative estimate of drug-likeness (QED) is 0.343. The lowest BCUT2D eigenvalue weighted by atomic mass is 10.2. The van der Waals surface area contributed by atoms with Crippen LogP contribution >= 0.6 is 12.6 Å². The van der Waals surface area contributed by atoms with E-state index in [1.54, 1.807) is 0 Å². The molecule has 0 aliphatic heterocycles. The minimum atomic E-state index is 1.07. The van der Waals surface area contributed by atoms with Gasteiger partial charge in [-0.2, -0.15) is 12.6 Å². The molecule has 0 bridgehead atoms. The van der Waals surface area contributed by atoms with E-state index in [-0.39, 0.29) is 0 Å². The van der Waals surface area contributed by atoms with Crippen molar-refractivity contribution in [1.82, 2.24) is 0 Å². The summed E-state index contributed by atoms with van der Waals surface area (Å²) >= 11 is 4.15. The molecule has 0 heterocycles. The van der Waals surface area contributed by atoms with Crippen LogP contribution in [0.5, 0.6) is 0 Å². The van der Waals surface area contributed by atoms with Crippen molar-refractivity contribution >= 4 is 22.9 Å². The summed E-state index contributed by atoms with van der Waals surface area (Å²) in [5.41, 5.74) is 0. The van der Waals surface area contributed by atoms with E-state index in [1.807, 2.05) is 0 Å². The van der Waals surface area contributed by atoms with Crippen LogP contribution in [-0.2, 0) is 0 Å². The molecule has 0 aromatic carbocycles. The fourth-order valence-electron chi connectivity index (χ4n) is 0.892. The molecule has 0 aliphatic rings. The lowest BCUT2D eigenvalue weighted by Gasteiger charge is -1.95. The normalized spacial score (nSPS) is 10.3. The summed E-state index contributed by atoms with van der Waals surface area (Å²) in [4.78, 5) is 0. The molecule has 0 saturated carbocycles. The van der Waals surface area contributed by atoms with Crippen molar-refractivity contribution in [2.75, 3.05) is 5.75 Å². The van der Waals surface area contributed by atoms with Gasteiger partial charge in [0.25, 0.3) is 0 Å². The van der Waals surface area contributed by atoms with Gasteiger partial charge in [-0.05, 0) is 12.2 Å². The molecular weight excluding hydrogens is 144 g/mol. The molecule has 0 fully saturated rings. The summed E-state index contributed by atoms with van der Waals surface area (Å²) in [5, 5.41) is 0. The van der Waals surface area contributed by atoms with Crippen LogP contribution in [0.4, 0.5) is 0 Å². The predicted molar refractivity (Wildman–Crippen MR) is 51.7 cm³/mol. The monoisotopic (exact) mass is 162 g/mol. The Morgan fingerprint density at radius 1 is 0.889 bits per heavy atom. The van der Waals surface area contributed by atoms with Gasteiger partial charge in [0.1, 0.15) is 0 Å². The number of hydrogen-bond acceptors (Lipinski definition) is 1. The highest BCUT2D eigenvalue weighted by molar-refractivity contribution is 7.80. The molecule has 0 N–H and O–H groups in total. The maximum Gasteiger partial charge on any atom is 0.00279 e. The average Bonchev–Trinajstić information content (AvgIpc) is 1.89. The molecule has 0 spiro atoms. The highest BCUT2D eigenvalue weighted by atomic mass is 32.1. The highest BCUT2D eigenvalue weighted by Gasteiger charge is 1.86. The molecule has 0 amide bonds. The first-order valence-electron chi connectivity index (χ1n) is 4.02. The van der Waals surface area contributed by atoms with E-state index in [0.29, 0.717) is 0 Å². The summed E-state index contributed by atoms with van der Waals surface area (Å²) < 4.78 is 0. The first-order chi connectivity index (χ1) is 4.41. The lowest BCUT2D eigenvalue weighted by Crippen LogP contribution is -1.79. The Labute approximate surface area is 67.3 Å². The zero-order valence-corrected chi connectivity index (χ0v) is 9.29. The minimum absolute atomic E-state index is 1.07. The van der Waals surface area contributed by atoms with Gasteiger partial charge in [-0.15, -0.1) is 0 Å². The van der Waals surface area contributed by atoms with E-state index in [9.17, 15) is 0 Å². The molecule has 0 nitrogen and oxygen atoms in total. The molecule has 0 rings (SSSR count). The van der Waals surface area contributed by atoms with Crippen molar-refractivity contribution in [1.29, 1.82) is 0 Å². The summed E-state index contributed by atoms with van der Waals surface area (Å²) in [5.74, 6) is 1.07. The molecule has 0 saturated heterocycles. The van der Waals surface area contributed by atoms with E-state index < -0.39 is 0 Å². The van der Waals surface area contributed by atoms with E-state index in [2.05, 4.69) is 12.6 Å². The Morgan fingerprint density at radius 3 is 2.00 bits per heavy atom. The Hall–Kier alpha value is 0.567. The summed E-state index contributed by atoms with van der Waals surface area (Å²) in [7, 11) is 1.39. The van der Waals surface area contributed by atoms with Crippen molar-refractivity contribution in [3.8, 4) is 0 Å². The fourth-order valence-corrected chi connectivity index (χ4v) is 1.62. The van der Waals surface area contributed by atoms with Crippen LogP contribution < -0.4 is 0 Å². The molecule has 0 aliphatic carbocycles. The maximum atomic E-state index is 4.15. The third kappa shape index (κ3) is 8.57. The van der Waals surface area contributed by atoms with Gasteiger partial charge in [-0.25, -0.2) is 0 Å². The molecule has 2 heteroatoms. The zero-order chi connectivity index (χ0) is 6.95. The summed E-state index contributed by atoms with van der Waals surface area (Å²) in [6, 6.07) is 1.49. The predicted octanol–water partition coefficient (Wildman–Crippen LogP) is 1.65. The average molecular weight is 162 g/mol. The second kappa shape index (κ2) is 8.57. The van der Waals surface area contributed by atoms with Crippen LogP contribution in [0, 0.1) is 0 Å². The van der Waals surface area contributed by atoms with Crippen molar-refractivity contribution < 1.29 is 0 Å². The van der Waals surface area contributed by atoms with Crippen LogP contribution in [0.15, 0.2) is 0 Å². The molecule has 0 unspecified atom stereocenters. The largest absolute Gasteiger partial charge is 0.179 e. The first-order valence-corrected chi connectivity index (χ1v) is 6.07. The molecule has 0 atom stereocenters. The Kier molecular flexibility index (Phi) is 9.11. The Bertz CT molecular complexity index is 42.2. The summed E-state index contributed by atoms with van der Waals surface area (Å²) in [6.45, 7) is 0. The number of unbranched alkanes of at least 4 members (excludes halogenated alkanes) is 4. The smallest absolute Gasteiger partial charge is 0.00279 e. The van der Waals surface area contributed by atoms with Crippen LogP contribution in [0.3, 0.4) is 0 Å². The van der Waals surface area contributed by atoms with E-state index >= 15 is 0 Å². The number of rotatable bonds is 6. The standard InChI is InChI=1S/C7H18SSi/c8-6-4-2-1-3-5-7-9/h8H,1-7H2,9H3. The van der Waals surface area contributed by atoms with Gasteiger partial charge in [0.2, 0.25) is 0 Å². The molecule has 56 valence electrons. The van der Waals surface area contributed by atoms with Crippen molar-refractivity contribution in [3.05, 3.63) is 0 Å². The third-order valence-corrected chi connectivity index (χ3v) is 2.54. The second-order valence-electron chi connectivity index (χ2n) is 2.49. The number of thiol groups is 1. The number of hydrogen-bond donors (Lipinski definition) is 1. The van der Waals surface area contributed by atoms with Crippen LogP contribution in [0.2, 0.25) is 6.04 Å². The van der Waals surface area contributed by atoms with Gasteiger partial charge < -0.3 is 0 Å². The molecular formula is C7H18SSi. The first kappa shape index (κ1) is 9.57. The van der Waals surface area contributed by atoms with Crippen LogP contribution in [0.25, 0.3) is 0 Å². The van der Waals surface area contributed by atoms with E-state index in [0.717, 1.165) is 5.75 Å². The Morgan fingerprint density at radius 2 is 1.44 bits per heavy atom. The lowest BCUT2D eigenvalue weighted by molar-refractivity contribution is 0.659. The topological polar surface area (TPSA) is 0 Å². The zero-order valence-electron chi connectivity index (χ0n) is 6.40. The second-order valence-corrected chi connectivity index (χ2v) is 3.94. The van der Waals surface area contributed by atoms with Crippen LogP contribution in [-0.4, -0.2) is 16.0 Å². The highest BCUT2D eigenvalue weighted by Crippen LogP contribution is 2.04. The molecule has 0 aromatic rings. The van der Waals surface area contributed by atoms with Gasteiger partial charge in [-0.3, -0.25) is 0 Å². The van der Waals surface area contributed by atoms with Crippen molar-refractivity contribution in [2.24, 2.45) is 0 Å². The van der Waals surface area contributed by atoms with Gasteiger partial charge in [-0.1, -0.05) is 31.7 Å². The van der Waals surface area contributed by atoms with Gasteiger partial charge in [0, 0.05) is 10.2 Å². The van der Waals surface area contributed by atoms with Gasteiger partial charge in [0.15, 0.2) is 0 Å². The SMILES string of the molecule is [SiH3]CCCCCCCS. The van der Waals surface area contributed by atoms with E-state index in [1.165, 1.54) is 48.4 Å². The van der Waals surface area contributed by atoms with Crippen molar-refractivity contribution in [3.63, 3.8) is 0 Å². The minimum Gasteiger partial charge on any atom is -0.179 e. The molecule has 9 heavy (non-hydrogen) atoms. The molecule has 0 aromatic heterocycles. The van der Waals surface area contributed by atoms with E-state index in [4.69, 9.17) is 0 Å².